The van der Waals surface area contributed by atoms with Crippen molar-refractivity contribution >= 4 is 31.6 Å². The highest BCUT2D eigenvalue weighted by atomic mass is 32.2. The lowest BCUT2D eigenvalue weighted by Crippen LogP contribution is -2.19. The lowest BCUT2D eigenvalue weighted by Gasteiger charge is -2.11. The van der Waals surface area contributed by atoms with Gasteiger partial charge in [-0.1, -0.05) is 0 Å². The second-order valence-electron chi connectivity index (χ2n) is 4.32. The Balaban J connectivity index is 2.23. The Labute approximate surface area is 132 Å². The fourth-order valence-corrected chi connectivity index (χ4v) is 2.68. The van der Waals surface area contributed by atoms with E-state index in [1.807, 2.05) is 0 Å². The summed E-state index contributed by atoms with van der Waals surface area (Å²) in [4.78, 5) is -0.302. The molecular weight excluding hydrogens is 346 g/mol. The fraction of sp³-hybridized carbons (Fsp3) is 0. The van der Waals surface area contributed by atoms with Gasteiger partial charge in [-0.2, -0.15) is 27.1 Å². The molecule has 0 atom stereocenters. The van der Waals surface area contributed by atoms with Crippen molar-refractivity contribution in [1.82, 2.24) is 0 Å². The van der Waals surface area contributed by atoms with Gasteiger partial charge in [-0.15, -0.1) is 0 Å². The SMILES string of the molecule is N=C1C=CC(N=Nc2ccc(S(=O)(=O)O)cc2)=C[C]1S(=O)(=O)O. The summed E-state index contributed by atoms with van der Waals surface area (Å²) in [6.45, 7) is 0. The molecule has 1 aliphatic rings. The molecule has 0 aliphatic heterocycles. The monoisotopic (exact) mass is 356 g/mol. The maximum Gasteiger partial charge on any atom is 0.294 e. The van der Waals surface area contributed by atoms with Crippen LogP contribution in [0.1, 0.15) is 0 Å². The second-order valence-corrected chi connectivity index (χ2v) is 7.14. The van der Waals surface area contributed by atoms with E-state index in [0.29, 0.717) is 0 Å². The van der Waals surface area contributed by atoms with Gasteiger partial charge in [0, 0.05) is 0 Å². The van der Waals surface area contributed by atoms with E-state index in [2.05, 4.69) is 10.2 Å². The van der Waals surface area contributed by atoms with Crippen LogP contribution in [0.2, 0.25) is 0 Å². The van der Waals surface area contributed by atoms with Crippen molar-refractivity contribution in [3.8, 4) is 0 Å². The van der Waals surface area contributed by atoms with Crippen molar-refractivity contribution in [3.63, 3.8) is 0 Å². The van der Waals surface area contributed by atoms with Gasteiger partial charge in [0.15, 0.2) is 5.25 Å². The summed E-state index contributed by atoms with van der Waals surface area (Å²) in [5.41, 5.74) is -0.0582. The summed E-state index contributed by atoms with van der Waals surface area (Å²) < 4.78 is 61.8. The first-order valence-electron chi connectivity index (χ1n) is 5.90. The van der Waals surface area contributed by atoms with E-state index in [1.54, 1.807) is 0 Å². The van der Waals surface area contributed by atoms with Gasteiger partial charge in [-0.25, -0.2) is 0 Å². The molecule has 0 saturated heterocycles. The Bertz CT molecular complexity index is 928. The minimum absolute atomic E-state index is 0.0764. The smallest absolute Gasteiger partial charge is 0.294 e. The predicted molar refractivity (Wildman–Crippen MR) is 80.5 cm³/mol. The van der Waals surface area contributed by atoms with E-state index >= 15 is 0 Å². The van der Waals surface area contributed by atoms with Crippen LogP contribution in [0.3, 0.4) is 0 Å². The molecule has 1 radical (unpaired) electrons. The maximum atomic E-state index is 11.1. The van der Waals surface area contributed by atoms with Crippen molar-refractivity contribution in [1.29, 1.82) is 5.41 Å². The number of nitrogens with one attached hydrogen (secondary N) is 1. The van der Waals surface area contributed by atoms with Gasteiger partial charge in [0.25, 0.3) is 20.2 Å². The van der Waals surface area contributed by atoms with Gasteiger partial charge < -0.3 is 5.41 Å². The first kappa shape index (κ1) is 17.1. The van der Waals surface area contributed by atoms with Crippen molar-refractivity contribution in [3.05, 3.63) is 53.4 Å². The van der Waals surface area contributed by atoms with Gasteiger partial charge >= 0.3 is 0 Å². The zero-order valence-electron chi connectivity index (χ0n) is 11.3. The van der Waals surface area contributed by atoms with E-state index in [4.69, 9.17) is 14.5 Å². The number of nitrogens with zero attached hydrogens (tertiary/aromatic N) is 2. The third kappa shape index (κ3) is 4.39. The van der Waals surface area contributed by atoms with E-state index in [9.17, 15) is 16.8 Å². The van der Waals surface area contributed by atoms with Gasteiger partial charge in [0.05, 0.1) is 22.0 Å². The summed E-state index contributed by atoms with van der Waals surface area (Å²) in [5.74, 6) is 0. The number of benzene rings is 1. The molecule has 2 rings (SSSR count). The molecule has 0 bridgehead atoms. The van der Waals surface area contributed by atoms with Gasteiger partial charge in [-0.3, -0.25) is 9.11 Å². The van der Waals surface area contributed by atoms with Crippen LogP contribution in [0, 0.1) is 10.7 Å². The summed E-state index contributed by atoms with van der Waals surface area (Å²) in [6.07, 6.45) is 3.44. The molecule has 0 unspecified atom stereocenters. The number of rotatable bonds is 4. The summed E-state index contributed by atoms with van der Waals surface area (Å²) >= 11 is 0. The third-order valence-corrected chi connectivity index (χ3v) is 4.42. The first-order valence-corrected chi connectivity index (χ1v) is 8.78. The number of hydrogen-bond donors (Lipinski definition) is 3. The average molecular weight is 356 g/mol. The lowest BCUT2D eigenvalue weighted by atomic mass is 10.1. The van der Waals surface area contributed by atoms with Gasteiger partial charge in [0.1, 0.15) is 0 Å². The molecular formula is C12H10N3O6S2. The fourth-order valence-electron chi connectivity index (χ4n) is 1.59. The molecule has 11 heteroatoms. The number of hydrogen-bond acceptors (Lipinski definition) is 7. The Morgan fingerprint density at radius 1 is 0.870 bits per heavy atom. The van der Waals surface area contributed by atoms with Crippen LogP contribution in [0.5, 0.6) is 0 Å². The van der Waals surface area contributed by atoms with Crippen molar-refractivity contribution in [2.75, 3.05) is 0 Å². The highest BCUT2D eigenvalue weighted by Crippen LogP contribution is 2.23. The molecule has 3 N–H and O–H groups in total. The Morgan fingerprint density at radius 2 is 1.48 bits per heavy atom. The number of azo groups is 1. The zero-order chi connectivity index (χ0) is 17.3. The van der Waals surface area contributed by atoms with Crippen molar-refractivity contribution in [2.45, 2.75) is 4.90 Å². The van der Waals surface area contributed by atoms with Crippen molar-refractivity contribution < 1.29 is 25.9 Å². The van der Waals surface area contributed by atoms with Crippen LogP contribution in [-0.4, -0.2) is 31.7 Å². The van der Waals surface area contributed by atoms with Crippen LogP contribution >= 0.6 is 0 Å². The van der Waals surface area contributed by atoms with E-state index in [0.717, 1.165) is 24.3 Å². The highest BCUT2D eigenvalue weighted by Gasteiger charge is 2.28. The zero-order valence-corrected chi connectivity index (χ0v) is 12.9. The lowest BCUT2D eigenvalue weighted by molar-refractivity contribution is 0.482. The molecule has 9 nitrogen and oxygen atoms in total. The average Bonchev–Trinajstić information content (AvgIpc) is 2.44. The van der Waals surface area contributed by atoms with Crippen LogP contribution in [0.4, 0.5) is 5.69 Å². The van der Waals surface area contributed by atoms with Gasteiger partial charge in [0.2, 0.25) is 0 Å². The first-order chi connectivity index (χ1) is 10.6. The molecule has 0 spiro atoms. The highest BCUT2D eigenvalue weighted by molar-refractivity contribution is 7.90. The molecule has 0 aromatic heterocycles. The molecule has 0 saturated carbocycles. The summed E-state index contributed by atoms with van der Waals surface area (Å²) in [7, 11) is -8.85. The van der Waals surface area contributed by atoms with Crippen LogP contribution < -0.4 is 0 Å². The largest absolute Gasteiger partial charge is 0.303 e. The van der Waals surface area contributed by atoms with E-state index < -0.39 is 25.5 Å². The molecule has 121 valence electrons. The molecule has 1 aromatic carbocycles. The Hall–Kier alpha value is -2.21. The molecule has 1 aromatic rings. The van der Waals surface area contributed by atoms with E-state index in [1.165, 1.54) is 18.2 Å². The maximum absolute atomic E-state index is 11.1. The topological polar surface area (TPSA) is 157 Å². The van der Waals surface area contributed by atoms with Crippen LogP contribution in [0.25, 0.3) is 0 Å². The second kappa shape index (κ2) is 6.12. The normalized spacial score (nSPS) is 16.8. The molecule has 0 heterocycles. The minimum Gasteiger partial charge on any atom is -0.303 e. The van der Waals surface area contributed by atoms with Gasteiger partial charge in [-0.05, 0) is 42.5 Å². The van der Waals surface area contributed by atoms with Crippen molar-refractivity contribution in [2.24, 2.45) is 10.2 Å². The molecule has 23 heavy (non-hydrogen) atoms. The standard InChI is InChI=1S/C12H10N3O6S2/c13-11-6-3-9(7-12(11)23(19,20)21)15-14-8-1-4-10(5-2-8)22(16,17)18/h1-7,13H,(H,16,17,18)(H,19,20,21). The van der Waals surface area contributed by atoms with E-state index in [-0.39, 0.29) is 22.0 Å². The van der Waals surface area contributed by atoms with Crippen LogP contribution in [0.15, 0.2) is 63.3 Å². The predicted octanol–water partition coefficient (Wildman–Crippen LogP) is 1.91. The quantitative estimate of drug-likeness (QED) is 0.552. The molecule has 0 fully saturated rings. The Kier molecular flexibility index (Phi) is 4.56. The molecule has 1 aliphatic carbocycles. The minimum atomic E-state index is -4.54. The summed E-state index contributed by atoms with van der Waals surface area (Å²) in [5, 5.41) is 14.3. The molecule has 0 amide bonds. The van der Waals surface area contributed by atoms with Crippen LogP contribution in [-0.2, 0) is 20.2 Å². The Morgan fingerprint density at radius 3 is 2.00 bits per heavy atom. The number of allylic oxidation sites excluding steroid dienone is 2. The summed E-state index contributed by atoms with van der Waals surface area (Å²) in [6, 6.07) is 4.82. The third-order valence-electron chi connectivity index (χ3n) is 2.66.